The fourth-order valence-corrected chi connectivity index (χ4v) is 1.34. The van der Waals surface area contributed by atoms with Gasteiger partial charge in [0.25, 0.3) is 0 Å². The lowest BCUT2D eigenvalue weighted by atomic mass is 10.2. The van der Waals surface area contributed by atoms with E-state index in [1.54, 1.807) is 6.21 Å². The summed E-state index contributed by atoms with van der Waals surface area (Å²) in [5.74, 6) is -0.0637. The number of carbonyl (C=O) groups is 1. The van der Waals surface area contributed by atoms with Crippen LogP contribution in [0.1, 0.15) is 6.42 Å². The summed E-state index contributed by atoms with van der Waals surface area (Å²) in [6.07, 6.45) is 1.91. The summed E-state index contributed by atoms with van der Waals surface area (Å²) in [6, 6.07) is 9.06. The molecule has 1 aromatic carbocycles. The monoisotopic (exact) mass is 189 g/mol. The lowest BCUT2D eigenvalue weighted by Gasteiger charge is -2.22. The first kappa shape index (κ1) is 8.90. The second kappa shape index (κ2) is 3.59. The lowest BCUT2D eigenvalue weighted by Crippen LogP contribution is -2.38. The van der Waals surface area contributed by atoms with Gasteiger partial charge in [-0.3, -0.25) is 4.79 Å². The van der Waals surface area contributed by atoms with Crippen molar-refractivity contribution < 1.29 is 4.79 Å². The van der Waals surface area contributed by atoms with Crippen molar-refractivity contribution in [2.75, 3.05) is 5.01 Å². The highest BCUT2D eigenvalue weighted by Gasteiger charge is 2.21. The molecule has 1 heterocycles. The van der Waals surface area contributed by atoms with Crippen LogP contribution in [0.2, 0.25) is 0 Å². The Hall–Kier alpha value is -1.68. The van der Waals surface area contributed by atoms with E-state index in [0.717, 1.165) is 5.69 Å². The molecule has 4 heteroatoms. The van der Waals surface area contributed by atoms with Crippen LogP contribution >= 0.6 is 0 Å². The number of rotatable bonds is 1. The standard InChI is InChI=1S/C10H11N3O/c11-8-6-10(14)13(12-7-8)9-4-2-1-3-5-9/h1-5,7-8H,6,11H2. The quantitative estimate of drug-likeness (QED) is 0.708. The Kier molecular flexibility index (Phi) is 2.28. The third-order valence-electron chi connectivity index (χ3n) is 2.02. The van der Waals surface area contributed by atoms with Crippen LogP contribution in [0.3, 0.4) is 0 Å². The minimum atomic E-state index is -0.248. The lowest BCUT2D eigenvalue weighted by molar-refractivity contribution is -0.118. The van der Waals surface area contributed by atoms with E-state index in [2.05, 4.69) is 5.10 Å². The van der Waals surface area contributed by atoms with E-state index < -0.39 is 0 Å². The van der Waals surface area contributed by atoms with Gasteiger partial charge in [-0.1, -0.05) is 18.2 Å². The van der Waals surface area contributed by atoms with Crippen molar-refractivity contribution in [2.24, 2.45) is 10.8 Å². The molecule has 4 nitrogen and oxygen atoms in total. The fourth-order valence-electron chi connectivity index (χ4n) is 1.34. The van der Waals surface area contributed by atoms with Gasteiger partial charge in [0.15, 0.2) is 0 Å². The molecule has 1 aliphatic heterocycles. The van der Waals surface area contributed by atoms with Crippen LogP contribution in [-0.2, 0) is 4.79 Å². The molecule has 0 aliphatic carbocycles. The van der Waals surface area contributed by atoms with Gasteiger partial charge in [0.05, 0.1) is 11.7 Å². The van der Waals surface area contributed by atoms with Crippen molar-refractivity contribution in [3.05, 3.63) is 30.3 Å². The van der Waals surface area contributed by atoms with Crippen LogP contribution in [0.4, 0.5) is 5.69 Å². The summed E-state index contributed by atoms with van der Waals surface area (Å²) in [5.41, 5.74) is 6.35. The predicted octanol–water partition coefficient (Wildman–Crippen LogP) is 0.736. The topological polar surface area (TPSA) is 58.7 Å². The number of nitrogens with zero attached hydrogens (tertiary/aromatic N) is 2. The predicted molar refractivity (Wildman–Crippen MR) is 55.0 cm³/mol. The molecule has 0 spiro atoms. The highest BCUT2D eigenvalue weighted by molar-refractivity contribution is 5.98. The molecular formula is C10H11N3O. The van der Waals surface area contributed by atoms with E-state index in [0.29, 0.717) is 6.42 Å². The Balaban J connectivity index is 2.28. The molecule has 1 unspecified atom stereocenters. The van der Waals surface area contributed by atoms with E-state index in [1.807, 2.05) is 30.3 Å². The third-order valence-corrected chi connectivity index (χ3v) is 2.02. The number of anilines is 1. The van der Waals surface area contributed by atoms with E-state index >= 15 is 0 Å². The molecule has 0 fully saturated rings. The molecule has 0 saturated carbocycles. The Bertz CT molecular complexity index is 361. The molecular weight excluding hydrogens is 178 g/mol. The highest BCUT2D eigenvalue weighted by atomic mass is 16.2. The summed E-state index contributed by atoms with van der Waals surface area (Å²) in [5, 5.41) is 5.37. The number of benzene rings is 1. The zero-order valence-electron chi connectivity index (χ0n) is 7.63. The van der Waals surface area contributed by atoms with Gasteiger partial charge in [-0.2, -0.15) is 5.10 Å². The summed E-state index contributed by atoms with van der Waals surface area (Å²) in [7, 11) is 0. The molecule has 0 aromatic heterocycles. The molecule has 1 aromatic rings. The van der Waals surface area contributed by atoms with Crippen LogP contribution in [0.5, 0.6) is 0 Å². The van der Waals surface area contributed by atoms with Gasteiger partial charge >= 0.3 is 0 Å². The van der Waals surface area contributed by atoms with Gasteiger partial charge in [0.1, 0.15) is 0 Å². The van der Waals surface area contributed by atoms with Crippen LogP contribution in [0.25, 0.3) is 0 Å². The van der Waals surface area contributed by atoms with Crippen molar-refractivity contribution in [1.82, 2.24) is 0 Å². The third kappa shape index (κ3) is 1.65. The normalized spacial score (nSPS) is 21.4. The number of nitrogens with two attached hydrogens (primary N) is 1. The van der Waals surface area contributed by atoms with Crippen molar-refractivity contribution in [1.29, 1.82) is 0 Å². The zero-order chi connectivity index (χ0) is 9.97. The van der Waals surface area contributed by atoms with Gasteiger partial charge in [-0.15, -0.1) is 0 Å². The Morgan fingerprint density at radius 3 is 2.71 bits per heavy atom. The van der Waals surface area contributed by atoms with E-state index in [4.69, 9.17) is 5.73 Å². The van der Waals surface area contributed by atoms with Crippen LogP contribution in [0.15, 0.2) is 35.4 Å². The minimum absolute atomic E-state index is 0.0637. The van der Waals surface area contributed by atoms with Gasteiger partial charge in [0.2, 0.25) is 5.91 Å². The average Bonchev–Trinajstić information content (AvgIpc) is 2.19. The van der Waals surface area contributed by atoms with Crippen LogP contribution in [-0.4, -0.2) is 18.2 Å². The van der Waals surface area contributed by atoms with Crippen LogP contribution in [0, 0.1) is 0 Å². The maximum absolute atomic E-state index is 11.5. The number of hydrogen-bond acceptors (Lipinski definition) is 3. The maximum atomic E-state index is 11.5. The van der Waals surface area contributed by atoms with Crippen molar-refractivity contribution in [2.45, 2.75) is 12.5 Å². The van der Waals surface area contributed by atoms with Gasteiger partial charge in [0, 0.05) is 12.6 Å². The summed E-state index contributed by atoms with van der Waals surface area (Å²) in [6.45, 7) is 0. The fraction of sp³-hybridized carbons (Fsp3) is 0.200. The minimum Gasteiger partial charge on any atom is -0.323 e. The van der Waals surface area contributed by atoms with Crippen LogP contribution < -0.4 is 10.7 Å². The second-order valence-corrected chi connectivity index (χ2v) is 3.17. The molecule has 2 N–H and O–H groups in total. The first-order valence-electron chi connectivity index (χ1n) is 4.45. The molecule has 14 heavy (non-hydrogen) atoms. The summed E-state index contributed by atoms with van der Waals surface area (Å²) in [4.78, 5) is 11.5. The summed E-state index contributed by atoms with van der Waals surface area (Å²) >= 11 is 0. The van der Waals surface area contributed by atoms with Crippen molar-refractivity contribution in [3.63, 3.8) is 0 Å². The molecule has 2 rings (SSSR count). The summed E-state index contributed by atoms with van der Waals surface area (Å²) < 4.78 is 0. The molecule has 1 amide bonds. The molecule has 0 radical (unpaired) electrons. The first-order chi connectivity index (χ1) is 6.77. The Morgan fingerprint density at radius 1 is 1.36 bits per heavy atom. The molecule has 1 atom stereocenters. The molecule has 0 bridgehead atoms. The number of carbonyl (C=O) groups excluding carboxylic acids is 1. The highest BCUT2D eigenvalue weighted by Crippen LogP contribution is 2.17. The molecule has 1 aliphatic rings. The Labute approximate surface area is 82.0 Å². The Morgan fingerprint density at radius 2 is 2.07 bits per heavy atom. The van der Waals surface area contributed by atoms with Gasteiger partial charge in [-0.05, 0) is 12.1 Å². The maximum Gasteiger partial charge on any atom is 0.249 e. The number of hydrazone groups is 1. The largest absolute Gasteiger partial charge is 0.323 e. The van der Waals surface area contributed by atoms with Crippen molar-refractivity contribution >= 4 is 17.8 Å². The van der Waals surface area contributed by atoms with Gasteiger partial charge in [-0.25, -0.2) is 5.01 Å². The second-order valence-electron chi connectivity index (χ2n) is 3.17. The molecule has 72 valence electrons. The van der Waals surface area contributed by atoms with E-state index in [-0.39, 0.29) is 11.9 Å². The number of amides is 1. The molecule has 0 saturated heterocycles. The van der Waals surface area contributed by atoms with E-state index in [1.165, 1.54) is 5.01 Å². The SMILES string of the molecule is NC1C=NN(c2ccccc2)C(=O)C1. The first-order valence-corrected chi connectivity index (χ1v) is 4.45. The average molecular weight is 189 g/mol. The smallest absolute Gasteiger partial charge is 0.249 e. The number of para-hydroxylation sites is 1. The van der Waals surface area contributed by atoms with E-state index in [9.17, 15) is 4.79 Å². The van der Waals surface area contributed by atoms with Gasteiger partial charge < -0.3 is 5.73 Å². The zero-order valence-corrected chi connectivity index (χ0v) is 7.63. The van der Waals surface area contributed by atoms with Crippen molar-refractivity contribution in [3.8, 4) is 0 Å². The number of hydrogen-bond donors (Lipinski definition) is 1.